The average molecular weight is 388 g/mol. The van der Waals surface area contributed by atoms with Crippen molar-refractivity contribution in [1.29, 1.82) is 0 Å². The number of thiophene rings is 1. The Bertz CT molecular complexity index is 709. The standard InChI is InChI=1S/C16H15ClFNO3S2/c1-10(16(21)19-14-5-4-11(18)7-13(14)17)22-15(20)9-23-8-12-3-2-6-24-12/h2-7,10H,8-9H2,1H3,(H,19,21)/t10-/m1/s1. The van der Waals surface area contributed by atoms with E-state index in [2.05, 4.69) is 5.32 Å². The van der Waals surface area contributed by atoms with Gasteiger partial charge in [0.05, 0.1) is 16.5 Å². The SMILES string of the molecule is C[C@@H](OC(=O)CSCc1cccs1)C(=O)Nc1ccc(F)cc1Cl. The number of carbonyl (C=O) groups excluding carboxylic acids is 2. The summed E-state index contributed by atoms with van der Waals surface area (Å²) in [6.07, 6.45) is -0.971. The molecular weight excluding hydrogens is 373 g/mol. The van der Waals surface area contributed by atoms with Gasteiger partial charge in [-0.2, -0.15) is 0 Å². The lowest BCUT2D eigenvalue weighted by molar-refractivity contribution is -0.150. The number of nitrogens with one attached hydrogen (secondary N) is 1. The van der Waals surface area contributed by atoms with Gasteiger partial charge in [-0.3, -0.25) is 9.59 Å². The van der Waals surface area contributed by atoms with Crippen molar-refractivity contribution in [2.75, 3.05) is 11.1 Å². The molecule has 24 heavy (non-hydrogen) atoms. The second-order valence-corrected chi connectivity index (χ2v) is 7.24. The Balaban J connectivity index is 1.76. The van der Waals surface area contributed by atoms with E-state index in [-0.39, 0.29) is 16.5 Å². The molecule has 0 spiro atoms. The smallest absolute Gasteiger partial charge is 0.316 e. The number of benzene rings is 1. The maximum absolute atomic E-state index is 13.0. The van der Waals surface area contributed by atoms with Crippen LogP contribution in [0, 0.1) is 5.82 Å². The van der Waals surface area contributed by atoms with Crippen LogP contribution in [0.4, 0.5) is 10.1 Å². The molecule has 0 aliphatic carbocycles. The fraction of sp³-hybridized carbons (Fsp3) is 0.250. The summed E-state index contributed by atoms with van der Waals surface area (Å²) in [4.78, 5) is 24.9. The van der Waals surface area contributed by atoms with Gasteiger partial charge >= 0.3 is 5.97 Å². The molecule has 0 aliphatic rings. The molecule has 0 saturated carbocycles. The van der Waals surface area contributed by atoms with Crippen molar-refractivity contribution in [3.05, 3.63) is 51.4 Å². The molecule has 0 radical (unpaired) electrons. The number of ether oxygens (including phenoxy) is 1. The molecule has 8 heteroatoms. The van der Waals surface area contributed by atoms with Gasteiger partial charge in [-0.1, -0.05) is 17.7 Å². The van der Waals surface area contributed by atoms with Crippen molar-refractivity contribution >= 4 is 52.3 Å². The molecule has 0 fully saturated rings. The van der Waals surface area contributed by atoms with Gasteiger partial charge in [0.15, 0.2) is 6.10 Å². The molecule has 2 aromatic rings. The number of rotatable bonds is 7. The zero-order valence-electron chi connectivity index (χ0n) is 12.8. The third-order valence-corrected chi connectivity index (χ3v) is 5.24. The van der Waals surface area contributed by atoms with E-state index >= 15 is 0 Å². The largest absolute Gasteiger partial charge is 0.452 e. The summed E-state index contributed by atoms with van der Waals surface area (Å²) in [7, 11) is 0. The maximum Gasteiger partial charge on any atom is 0.316 e. The molecule has 2 rings (SSSR count). The Morgan fingerprint density at radius 2 is 2.21 bits per heavy atom. The van der Waals surface area contributed by atoms with E-state index in [4.69, 9.17) is 16.3 Å². The highest BCUT2D eigenvalue weighted by atomic mass is 35.5. The third-order valence-electron chi connectivity index (χ3n) is 2.91. The van der Waals surface area contributed by atoms with Crippen molar-refractivity contribution in [2.24, 2.45) is 0 Å². The van der Waals surface area contributed by atoms with Gasteiger partial charge in [-0.15, -0.1) is 23.1 Å². The van der Waals surface area contributed by atoms with E-state index in [1.807, 2.05) is 17.5 Å². The summed E-state index contributed by atoms with van der Waals surface area (Å²) < 4.78 is 18.0. The molecule has 1 N–H and O–H groups in total. The first-order chi connectivity index (χ1) is 11.5. The quantitative estimate of drug-likeness (QED) is 0.718. The lowest BCUT2D eigenvalue weighted by Crippen LogP contribution is -2.30. The molecule has 1 amide bonds. The van der Waals surface area contributed by atoms with Crippen LogP contribution in [0.3, 0.4) is 0 Å². The summed E-state index contributed by atoms with van der Waals surface area (Å²) in [6.45, 7) is 1.47. The van der Waals surface area contributed by atoms with Gasteiger partial charge in [-0.05, 0) is 36.6 Å². The second kappa shape index (κ2) is 9.05. The summed E-state index contributed by atoms with van der Waals surface area (Å²) in [6, 6.07) is 7.56. The Morgan fingerprint density at radius 1 is 1.42 bits per heavy atom. The zero-order valence-corrected chi connectivity index (χ0v) is 15.1. The van der Waals surface area contributed by atoms with Gasteiger partial charge < -0.3 is 10.1 Å². The number of halogens is 2. The van der Waals surface area contributed by atoms with Crippen molar-refractivity contribution in [3.8, 4) is 0 Å². The molecule has 0 saturated heterocycles. The Kier molecular flexibility index (Phi) is 7.08. The minimum Gasteiger partial charge on any atom is -0.452 e. The number of thioether (sulfide) groups is 1. The highest BCUT2D eigenvalue weighted by Crippen LogP contribution is 2.22. The average Bonchev–Trinajstić information content (AvgIpc) is 3.03. The molecule has 0 aliphatic heterocycles. The van der Waals surface area contributed by atoms with Gasteiger partial charge in [0.1, 0.15) is 5.82 Å². The van der Waals surface area contributed by atoms with Crippen LogP contribution in [0.5, 0.6) is 0 Å². The van der Waals surface area contributed by atoms with Crippen LogP contribution in [0.15, 0.2) is 35.7 Å². The van der Waals surface area contributed by atoms with E-state index in [9.17, 15) is 14.0 Å². The third kappa shape index (κ3) is 5.81. The maximum atomic E-state index is 13.0. The van der Waals surface area contributed by atoms with Crippen LogP contribution in [0.2, 0.25) is 5.02 Å². The summed E-state index contributed by atoms with van der Waals surface area (Å²) in [5.74, 6) is -0.615. The van der Waals surface area contributed by atoms with Crippen LogP contribution in [0.25, 0.3) is 0 Å². The summed E-state index contributed by atoms with van der Waals surface area (Å²) in [5.41, 5.74) is 0.262. The lowest BCUT2D eigenvalue weighted by Gasteiger charge is -2.14. The number of anilines is 1. The predicted molar refractivity (Wildman–Crippen MR) is 96.1 cm³/mol. The van der Waals surface area contributed by atoms with E-state index in [1.165, 1.54) is 35.7 Å². The lowest BCUT2D eigenvalue weighted by atomic mass is 10.3. The Hall–Kier alpha value is -1.57. The predicted octanol–water partition coefficient (Wildman–Crippen LogP) is 4.34. The summed E-state index contributed by atoms with van der Waals surface area (Å²) >= 11 is 8.88. The summed E-state index contributed by atoms with van der Waals surface area (Å²) in [5, 5.41) is 4.55. The zero-order chi connectivity index (χ0) is 17.5. The number of hydrogen-bond acceptors (Lipinski definition) is 5. The van der Waals surface area contributed by atoms with Crippen molar-refractivity contribution in [2.45, 2.75) is 18.8 Å². The molecule has 1 aromatic heterocycles. The van der Waals surface area contributed by atoms with Gasteiger partial charge in [0.25, 0.3) is 5.91 Å². The van der Waals surface area contributed by atoms with E-state index in [1.54, 1.807) is 11.3 Å². The molecule has 0 bridgehead atoms. The number of hydrogen-bond donors (Lipinski definition) is 1. The first kappa shape index (κ1) is 18.8. The van der Waals surface area contributed by atoms with Gasteiger partial charge in [-0.25, -0.2) is 4.39 Å². The Labute approximate surface area is 152 Å². The first-order valence-electron chi connectivity index (χ1n) is 7.01. The highest BCUT2D eigenvalue weighted by Gasteiger charge is 2.19. The highest BCUT2D eigenvalue weighted by molar-refractivity contribution is 7.99. The van der Waals surface area contributed by atoms with E-state index in [0.29, 0.717) is 0 Å². The van der Waals surface area contributed by atoms with E-state index < -0.39 is 23.8 Å². The normalized spacial score (nSPS) is 11.8. The van der Waals surface area contributed by atoms with Gasteiger partial charge in [0.2, 0.25) is 0 Å². The monoisotopic (exact) mass is 387 g/mol. The minimum atomic E-state index is -0.971. The number of esters is 1. The van der Waals surface area contributed by atoms with Gasteiger partial charge in [0, 0.05) is 10.6 Å². The van der Waals surface area contributed by atoms with Crippen LogP contribution in [-0.2, 0) is 20.1 Å². The molecule has 1 atom stereocenters. The first-order valence-corrected chi connectivity index (χ1v) is 9.42. The molecule has 1 heterocycles. The number of carbonyl (C=O) groups is 2. The van der Waals surface area contributed by atoms with Crippen molar-refractivity contribution < 1.29 is 18.7 Å². The Morgan fingerprint density at radius 3 is 2.88 bits per heavy atom. The molecular formula is C16H15ClFNO3S2. The molecule has 1 aromatic carbocycles. The van der Waals surface area contributed by atoms with Crippen LogP contribution >= 0.6 is 34.7 Å². The van der Waals surface area contributed by atoms with E-state index in [0.717, 1.165) is 11.8 Å². The van der Waals surface area contributed by atoms with Crippen LogP contribution in [0.1, 0.15) is 11.8 Å². The second-order valence-electron chi connectivity index (χ2n) is 4.82. The topological polar surface area (TPSA) is 55.4 Å². The fourth-order valence-electron chi connectivity index (χ4n) is 1.74. The molecule has 0 unspecified atom stereocenters. The molecule has 4 nitrogen and oxygen atoms in total. The van der Waals surface area contributed by atoms with Crippen molar-refractivity contribution in [3.63, 3.8) is 0 Å². The minimum absolute atomic E-state index is 0.0772. The van der Waals surface area contributed by atoms with Crippen LogP contribution < -0.4 is 5.32 Å². The van der Waals surface area contributed by atoms with Crippen LogP contribution in [-0.4, -0.2) is 23.7 Å². The fourth-order valence-corrected chi connectivity index (χ4v) is 3.60. The number of amides is 1. The van der Waals surface area contributed by atoms with Crippen molar-refractivity contribution in [1.82, 2.24) is 0 Å². The molecule has 128 valence electrons.